The summed E-state index contributed by atoms with van der Waals surface area (Å²) in [7, 11) is 0.152. The first-order valence-electron chi connectivity index (χ1n) is 3.33. The van der Waals surface area contributed by atoms with Gasteiger partial charge in [-0.3, -0.25) is 9.00 Å². The van der Waals surface area contributed by atoms with Crippen LogP contribution in [0.4, 0.5) is 0 Å². The summed E-state index contributed by atoms with van der Waals surface area (Å²) < 4.78 is 15.3. The Bertz CT molecular complexity index is 169. The van der Waals surface area contributed by atoms with Gasteiger partial charge in [-0.1, -0.05) is 0 Å². The topological polar surface area (TPSA) is 43.4 Å². The first-order chi connectivity index (χ1) is 4.88. The van der Waals surface area contributed by atoms with E-state index >= 15 is 0 Å². The molecule has 66 valence electrons. The quantitative estimate of drug-likeness (QED) is 0.585. The molecule has 0 unspecified atom stereocenters. The van der Waals surface area contributed by atoms with Crippen molar-refractivity contribution in [3.63, 3.8) is 0 Å². The fraction of sp³-hybridized carbons (Fsp3) is 0.857. The van der Waals surface area contributed by atoms with Crippen molar-refractivity contribution in [1.82, 2.24) is 0 Å². The maximum absolute atomic E-state index is 11.2. The van der Waals surface area contributed by atoms with Gasteiger partial charge < -0.3 is 4.74 Å². The van der Waals surface area contributed by atoms with Crippen molar-refractivity contribution < 1.29 is 13.7 Å². The van der Waals surface area contributed by atoms with Crippen molar-refractivity contribution in [2.75, 3.05) is 12.9 Å². The van der Waals surface area contributed by atoms with Gasteiger partial charge in [0.15, 0.2) is 0 Å². The lowest BCUT2D eigenvalue weighted by Crippen LogP contribution is -2.28. The first-order valence-corrected chi connectivity index (χ1v) is 4.65. The molecule has 0 fully saturated rings. The minimum atomic E-state index is -1.14. The Balaban J connectivity index is 3.99. The fourth-order valence-corrected chi connectivity index (χ4v) is 1.15. The van der Waals surface area contributed by atoms with Gasteiger partial charge in [0.2, 0.25) is 0 Å². The van der Waals surface area contributed by atoms with Crippen LogP contribution in [0.5, 0.6) is 0 Å². The van der Waals surface area contributed by atoms with Gasteiger partial charge in [-0.25, -0.2) is 0 Å². The SMILES string of the molecule is COC(=O)C[S@](=O)C(C)(C)C. The molecule has 0 rings (SSSR count). The number of rotatable bonds is 2. The van der Waals surface area contributed by atoms with E-state index in [9.17, 15) is 9.00 Å². The highest BCUT2D eigenvalue weighted by molar-refractivity contribution is 7.87. The molecule has 0 aliphatic carbocycles. The van der Waals surface area contributed by atoms with Crippen molar-refractivity contribution >= 4 is 16.8 Å². The van der Waals surface area contributed by atoms with Crippen LogP contribution in [0.3, 0.4) is 0 Å². The molecule has 3 nitrogen and oxygen atoms in total. The number of hydrogen-bond donors (Lipinski definition) is 0. The van der Waals surface area contributed by atoms with Crippen LogP contribution in [0.2, 0.25) is 0 Å². The van der Waals surface area contributed by atoms with Gasteiger partial charge in [-0.15, -0.1) is 0 Å². The predicted octanol–water partition coefficient (Wildman–Crippen LogP) is 0.707. The molecule has 4 heteroatoms. The number of carbonyl (C=O) groups excluding carboxylic acids is 1. The molecule has 0 aromatic carbocycles. The number of hydrogen-bond acceptors (Lipinski definition) is 3. The minimum absolute atomic E-state index is 0.0139. The fourth-order valence-electron chi connectivity index (χ4n) is 0.382. The zero-order valence-electron chi connectivity index (χ0n) is 7.34. The van der Waals surface area contributed by atoms with Crippen molar-refractivity contribution in [2.24, 2.45) is 0 Å². The summed E-state index contributed by atoms with van der Waals surface area (Å²) in [5.74, 6) is -0.432. The molecule has 0 aliphatic heterocycles. The average molecular weight is 178 g/mol. The number of methoxy groups -OCH3 is 1. The Morgan fingerprint density at radius 3 is 2.18 bits per heavy atom. The van der Waals surface area contributed by atoms with Crippen LogP contribution < -0.4 is 0 Å². The van der Waals surface area contributed by atoms with E-state index in [-0.39, 0.29) is 10.5 Å². The number of esters is 1. The van der Waals surface area contributed by atoms with Crippen molar-refractivity contribution in [1.29, 1.82) is 0 Å². The maximum Gasteiger partial charge on any atom is 0.318 e. The molecule has 0 heterocycles. The van der Waals surface area contributed by atoms with Crippen LogP contribution in [-0.4, -0.2) is 27.8 Å². The predicted molar refractivity (Wildman–Crippen MR) is 44.8 cm³/mol. The Morgan fingerprint density at radius 2 is 1.91 bits per heavy atom. The van der Waals surface area contributed by atoms with E-state index in [0.29, 0.717) is 0 Å². The second kappa shape index (κ2) is 3.85. The largest absolute Gasteiger partial charge is 0.468 e. The summed E-state index contributed by atoms with van der Waals surface area (Å²) in [6.07, 6.45) is 0. The second-order valence-corrected chi connectivity index (χ2v) is 5.38. The molecule has 0 saturated heterocycles. The molecular formula is C7H14O3S. The zero-order valence-corrected chi connectivity index (χ0v) is 8.16. The van der Waals surface area contributed by atoms with E-state index in [1.807, 2.05) is 20.8 Å². The molecule has 0 N–H and O–H groups in total. The molecule has 0 aromatic heterocycles. The van der Waals surface area contributed by atoms with Crippen LogP contribution in [-0.2, 0) is 20.3 Å². The van der Waals surface area contributed by atoms with Gasteiger partial charge in [0.05, 0.1) is 7.11 Å². The zero-order chi connectivity index (χ0) is 9.07. The van der Waals surface area contributed by atoms with E-state index < -0.39 is 16.8 Å². The van der Waals surface area contributed by atoms with Crippen LogP contribution >= 0.6 is 0 Å². The monoisotopic (exact) mass is 178 g/mol. The van der Waals surface area contributed by atoms with Gasteiger partial charge in [0.25, 0.3) is 0 Å². The average Bonchev–Trinajstić information content (AvgIpc) is 1.85. The molecule has 0 spiro atoms. The Kier molecular flexibility index (Phi) is 3.72. The summed E-state index contributed by atoms with van der Waals surface area (Å²) in [6, 6.07) is 0. The Hall–Kier alpha value is -0.380. The normalized spacial score (nSPS) is 14.2. The number of carbonyl (C=O) groups is 1. The smallest absolute Gasteiger partial charge is 0.318 e. The summed E-state index contributed by atoms with van der Waals surface area (Å²) in [4.78, 5) is 10.7. The van der Waals surface area contributed by atoms with Gasteiger partial charge >= 0.3 is 5.97 Å². The van der Waals surface area contributed by atoms with Gasteiger partial charge in [-0.05, 0) is 20.8 Å². The van der Waals surface area contributed by atoms with E-state index in [1.165, 1.54) is 7.11 Å². The van der Waals surface area contributed by atoms with Gasteiger partial charge in [0, 0.05) is 15.5 Å². The lowest BCUT2D eigenvalue weighted by Gasteiger charge is -2.16. The third-order valence-electron chi connectivity index (χ3n) is 1.16. The Labute approximate surface area is 69.6 Å². The van der Waals surface area contributed by atoms with E-state index in [4.69, 9.17) is 0 Å². The molecule has 0 saturated carbocycles. The summed E-state index contributed by atoms with van der Waals surface area (Å²) >= 11 is 0. The number of ether oxygens (including phenoxy) is 1. The van der Waals surface area contributed by atoms with Crippen molar-refractivity contribution in [2.45, 2.75) is 25.5 Å². The lowest BCUT2D eigenvalue weighted by atomic mass is 10.3. The first kappa shape index (κ1) is 10.6. The summed E-state index contributed by atoms with van der Waals surface area (Å²) in [5.41, 5.74) is 0. The second-order valence-electron chi connectivity index (χ2n) is 3.18. The highest BCUT2D eigenvalue weighted by Crippen LogP contribution is 2.10. The van der Waals surface area contributed by atoms with Crippen molar-refractivity contribution in [3.05, 3.63) is 0 Å². The van der Waals surface area contributed by atoms with Crippen LogP contribution in [0.25, 0.3) is 0 Å². The van der Waals surface area contributed by atoms with Gasteiger partial charge in [-0.2, -0.15) is 0 Å². The van der Waals surface area contributed by atoms with Gasteiger partial charge in [0.1, 0.15) is 5.75 Å². The molecule has 1 atom stereocenters. The molecule has 0 aromatic rings. The minimum Gasteiger partial charge on any atom is -0.468 e. The third kappa shape index (κ3) is 4.14. The lowest BCUT2D eigenvalue weighted by molar-refractivity contribution is -0.137. The summed E-state index contributed by atoms with van der Waals surface area (Å²) in [5, 5.41) is 0. The molecular weight excluding hydrogens is 164 g/mol. The standard InChI is InChI=1S/C7H14O3S/c1-7(2,3)11(9)5-6(8)10-4/h5H2,1-4H3/t11-/m0/s1. The van der Waals surface area contributed by atoms with E-state index in [0.717, 1.165) is 0 Å². The van der Waals surface area contributed by atoms with Crippen LogP contribution in [0.1, 0.15) is 20.8 Å². The van der Waals surface area contributed by atoms with E-state index in [2.05, 4.69) is 4.74 Å². The molecule has 0 bridgehead atoms. The molecule has 0 aliphatic rings. The third-order valence-corrected chi connectivity index (χ3v) is 3.02. The maximum atomic E-state index is 11.2. The van der Waals surface area contributed by atoms with Crippen LogP contribution in [0, 0.1) is 0 Å². The highest BCUT2D eigenvalue weighted by atomic mass is 32.2. The van der Waals surface area contributed by atoms with Crippen molar-refractivity contribution in [3.8, 4) is 0 Å². The van der Waals surface area contributed by atoms with E-state index in [1.54, 1.807) is 0 Å². The molecule has 0 radical (unpaired) electrons. The summed E-state index contributed by atoms with van der Waals surface area (Å²) in [6.45, 7) is 5.48. The Morgan fingerprint density at radius 1 is 1.45 bits per heavy atom. The van der Waals surface area contributed by atoms with Crippen LogP contribution in [0.15, 0.2) is 0 Å². The molecule has 0 amide bonds. The molecule has 11 heavy (non-hydrogen) atoms. The highest BCUT2D eigenvalue weighted by Gasteiger charge is 2.21.